The van der Waals surface area contributed by atoms with E-state index in [2.05, 4.69) is 21.6 Å². The molecule has 228 valence electrons. The number of amides is 1. The molecule has 1 atom stereocenters. The molecule has 0 spiro atoms. The van der Waals surface area contributed by atoms with E-state index in [1.54, 1.807) is 55.5 Å². The SMILES string of the molecule is COc1ccc(NC(=O)CSc2nnc(N3C(N)=C(C#N)C(c4ccc(OC)cc4OC)C4=C3CCCC4=O)s2)c(OC)c1. The van der Waals surface area contributed by atoms with Crippen molar-refractivity contribution in [1.29, 1.82) is 5.26 Å². The number of methoxy groups -OCH3 is 4. The first kappa shape index (κ1) is 30.7. The Labute approximate surface area is 262 Å². The van der Waals surface area contributed by atoms with Crippen molar-refractivity contribution in [3.8, 4) is 29.1 Å². The van der Waals surface area contributed by atoms with Crippen LogP contribution in [0, 0.1) is 11.3 Å². The van der Waals surface area contributed by atoms with Gasteiger partial charge < -0.3 is 30.0 Å². The maximum Gasteiger partial charge on any atom is 0.234 e. The van der Waals surface area contributed by atoms with Crippen molar-refractivity contribution in [1.82, 2.24) is 10.2 Å². The smallest absolute Gasteiger partial charge is 0.234 e. The summed E-state index contributed by atoms with van der Waals surface area (Å²) in [6.07, 6.45) is 1.54. The number of carbonyl (C=O) groups is 2. The monoisotopic (exact) mass is 634 g/mol. The minimum Gasteiger partial charge on any atom is -0.497 e. The summed E-state index contributed by atoms with van der Waals surface area (Å²) in [5.74, 6) is 1.33. The number of thioether (sulfide) groups is 1. The molecule has 3 N–H and O–H groups in total. The first-order valence-corrected chi connectivity index (χ1v) is 15.3. The van der Waals surface area contributed by atoms with Crippen LogP contribution in [0.1, 0.15) is 30.7 Å². The molecule has 0 saturated carbocycles. The standard InChI is InChI=1S/C30H30N6O6S2/c1-39-16-8-10-18(23(12-16)41-3)26-19(14-31)28(32)36(21-6-5-7-22(37)27(21)26)29-34-35-30(44-29)43-15-25(38)33-20-11-9-17(40-2)13-24(20)42-4/h8-13,26H,5-7,15,32H2,1-4H3,(H,33,38). The van der Waals surface area contributed by atoms with Gasteiger partial charge in [-0.2, -0.15) is 5.26 Å². The predicted molar refractivity (Wildman–Crippen MR) is 166 cm³/mol. The molecule has 0 saturated heterocycles. The Morgan fingerprint density at radius 2 is 1.77 bits per heavy atom. The van der Waals surface area contributed by atoms with Gasteiger partial charge in [0, 0.05) is 35.4 Å². The van der Waals surface area contributed by atoms with E-state index in [1.165, 1.54) is 37.3 Å². The molecule has 0 bridgehead atoms. The molecule has 3 aromatic rings. The average Bonchev–Trinajstić information content (AvgIpc) is 3.51. The zero-order valence-electron chi connectivity index (χ0n) is 24.5. The van der Waals surface area contributed by atoms with Gasteiger partial charge in [0.2, 0.25) is 11.0 Å². The highest BCUT2D eigenvalue weighted by molar-refractivity contribution is 8.01. The summed E-state index contributed by atoms with van der Waals surface area (Å²) in [6.45, 7) is 0. The minimum absolute atomic E-state index is 0.0599. The average molecular weight is 635 g/mol. The number of allylic oxidation sites excluding steroid dienone is 3. The number of benzene rings is 2. The van der Waals surface area contributed by atoms with Crippen molar-refractivity contribution >= 4 is 45.6 Å². The van der Waals surface area contributed by atoms with Crippen molar-refractivity contribution in [2.45, 2.75) is 29.5 Å². The number of nitrogens with two attached hydrogens (primary N) is 1. The summed E-state index contributed by atoms with van der Waals surface area (Å²) < 4.78 is 22.1. The van der Waals surface area contributed by atoms with Crippen molar-refractivity contribution in [3.63, 3.8) is 0 Å². The lowest BCUT2D eigenvalue weighted by atomic mass is 9.75. The third-order valence-corrected chi connectivity index (χ3v) is 9.30. The largest absolute Gasteiger partial charge is 0.497 e. The lowest BCUT2D eigenvalue weighted by molar-refractivity contribution is -0.116. The number of aromatic nitrogens is 2. The topological polar surface area (TPSA) is 162 Å². The van der Waals surface area contributed by atoms with Crippen LogP contribution < -0.4 is 34.9 Å². The number of Topliss-reactive ketones (excluding diaryl/α,β-unsaturated/α-hetero) is 1. The number of nitrogens with zero attached hydrogens (tertiary/aromatic N) is 4. The van der Waals surface area contributed by atoms with Gasteiger partial charge in [-0.1, -0.05) is 29.2 Å². The maximum absolute atomic E-state index is 13.5. The molecule has 12 nitrogen and oxygen atoms in total. The molecule has 44 heavy (non-hydrogen) atoms. The van der Waals surface area contributed by atoms with E-state index in [-0.39, 0.29) is 28.8 Å². The molecular weight excluding hydrogens is 605 g/mol. The Bertz CT molecular complexity index is 1710. The molecule has 5 rings (SSSR count). The van der Waals surface area contributed by atoms with Gasteiger partial charge in [-0.3, -0.25) is 14.5 Å². The number of nitriles is 1. The van der Waals surface area contributed by atoms with Gasteiger partial charge in [-0.15, -0.1) is 10.2 Å². The van der Waals surface area contributed by atoms with Crippen LogP contribution in [-0.2, 0) is 9.59 Å². The summed E-state index contributed by atoms with van der Waals surface area (Å²) in [6, 6.07) is 12.6. The van der Waals surface area contributed by atoms with Gasteiger partial charge >= 0.3 is 0 Å². The van der Waals surface area contributed by atoms with E-state index in [0.29, 0.717) is 74.3 Å². The molecular formula is C30H30N6O6S2. The lowest BCUT2D eigenvalue weighted by Gasteiger charge is -2.38. The highest BCUT2D eigenvalue weighted by atomic mass is 32.2. The normalized spacial score (nSPS) is 16.3. The number of hydrogen-bond acceptors (Lipinski definition) is 13. The molecule has 1 aromatic heterocycles. The summed E-state index contributed by atoms with van der Waals surface area (Å²) in [5.41, 5.74) is 9.21. The quantitative estimate of drug-likeness (QED) is 0.298. The Morgan fingerprint density at radius 1 is 1.07 bits per heavy atom. The van der Waals surface area contributed by atoms with Crippen molar-refractivity contribution < 1.29 is 28.5 Å². The molecule has 2 aliphatic rings. The number of carbonyl (C=O) groups excluding carboxylic acids is 2. The minimum atomic E-state index is -0.708. The van der Waals surface area contributed by atoms with Crippen LogP contribution in [0.2, 0.25) is 0 Å². The second-order valence-electron chi connectivity index (χ2n) is 9.68. The van der Waals surface area contributed by atoms with Gasteiger partial charge in [0.15, 0.2) is 10.1 Å². The predicted octanol–water partition coefficient (Wildman–Crippen LogP) is 4.61. The summed E-state index contributed by atoms with van der Waals surface area (Å²) in [4.78, 5) is 27.9. The van der Waals surface area contributed by atoms with Crippen LogP contribution in [0.15, 0.2) is 63.4 Å². The number of anilines is 2. The molecule has 2 heterocycles. The Kier molecular flexibility index (Phi) is 9.26. The van der Waals surface area contributed by atoms with E-state index in [9.17, 15) is 14.9 Å². The number of nitrogens with one attached hydrogen (secondary N) is 1. The fraction of sp³-hybridized carbons (Fsp3) is 0.300. The van der Waals surface area contributed by atoms with Crippen LogP contribution in [0.4, 0.5) is 10.8 Å². The van der Waals surface area contributed by atoms with Crippen LogP contribution >= 0.6 is 23.1 Å². The van der Waals surface area contributed by atoms with Crippen LogP contribution in [0.25, 0.3) is 0 Å². The fourth-order valence-corrected chi connectivity index (χ4v) is 6.92. The molecule has 0 fully saturated rings. The second kappa shape index (κ2) is 13.3. The van der Waals surface area contributed by atoms with Gasteiger partial charge in [0.1, 0.15) is 28.8 Å². The maximum atomic E-state index is 13.5. The van der Waals surface area contributed by atoms with Crippen LogP contribution in [0.3, 0.4) is 0 Å². The van der Waals surface area contributed by atoms with Gasteiger partial charge in [0.05, 0.1) is 57.4 Å². The van der Waals surface area contributed by atoms with E-state index in [1.807, 2.05) is 0 Å². The first-order chi connectivity index (χ1) is 21.3. The third-order valence-electron chi connectivity index (χ3n) is 7.26. The van der Waals surface area contributed by atoms with Crippen molar-refractivity contribution in [2.75, 3.05) is 44.4 Å². The molecule has 0 radical (unpaired) electrons. The second-order valence-corrected chi connectivity index (χ2v) is 11.9. The van der Waals surface area contributed by atoms with Crippen molar-refractivity contribution in [3.05, 3.63) is 64.6 Å². The zero-order valence-corrected chi connectivity index (χ0v) is 26.1. The Morgan fingerprint density at radius 3 is 2.45 bits per heavy atom. The third kappa shape index (κ3) is 5.88. The molecule has 2 aromatic carbocycles. The lowest BCUT2D eigenvalue weighted by Crippen LogP contribution is -2.38. The van der Waals surface area contributed by atoms with Gasteiger partial charge in [-0.05, 0) is 31.0 Å². The van der Waals surface area contributed by atoms with E-state index in [4.69, 9.17) is 24.7 Å². The fourth-order valence-electron chi connectivity index (χ4n) is 5.24. The van der Waals surface area contributed by atoms with Crippen LogP contribution in [0.5, 0.6) is 23.0 Å². The number of hydrogen-bond donors (Lipinski definition) is 2. The molecule has 1 amide bonds. The molecule has 1 aliphatic carbocycles. The van der Waals surface area contributed by atoms with Gasteiger partial charge in [0.25, 0.3) is 0 Å². The van der Waals surface area contributed by atoms with Crippen molar-refractivity contribution in [2.24, 2.45) is 5.73 Å². The highest BCUT2D eigenvalue weighted by Gasteiger charge is 2.42. The Hall–Kier alpha value is -4.74. The zero-order chi connectivity index (χ0) is 31.4. The molecule has 1 unspecified atom stereocenters. The van der Waals surface area contributed by atoms with Crippen LogP contribution in [-0.4, -0.2) is 56.1 Å². The first-order valence-electron chi connectivity index (χ1n) is 13.5. The highest BCUT2D eigenvalue weighted by Crippen LogP contribution is 2.49. The van der Waals surface area contributed by atoms with E-state index in [0.717, 1.165) is 0 Å². The summed E-state index contributed by atoms with van der Waals surface area (Å²) in [7, 11) is 6.14. The number of ketones is 1. The summed E-state index contributed by atoms with van der Waals surface area (Å²) >= 11 is 2.42. The summed E-state index contributed by atoms with van der Waals surface area (Å²) in [5, 5.41) is 22.2. The van der Waals surface area contributed by atoms with E-state index >= 15 is 0 Å². The van der Waals surface area contributed by atoms with E-state index < -0.39 is 5.92 Å². The number of rotatable bonds is 10. The Balaban J connectivity index is 1.42. The molecule has 14 heteroatoms. The molecule has 1 aliphatic heterocycles. The number of ether oxygens (including phenoxy) is 4. The van der Waals surface area contributed by atoms with Gasteiger partial charge in [-0.25, -0.2) is 0 Å².